The van der Waals surface area contributed by atoms with Crippen LogP contribution >= 0.6 is 0 Å². The van der Waals surface area contributed by atoms with Crippen LogP contribution in [0.5, 0.6) is 0 Å². The number of carbonyl (C=O) groups excluding carboxylic acids is 1. The number of nitrogens with zero attached hydrogens (tertiary/aromatic N) is 1. The number of aryl methyl sites for hydroxylation is 1. The molecule has 0 spiro atoms. The zero-order valence-corrected chi connectivity index (χ0v) is 15.2. The maximum absolute atomic E-state index is 12.4. The van der Waals surface area contributed by atoms with Gasteiger partial charge < -0.3 is 15.5 Å². The van der Waals surface area contributed by atoms with E-state index in [1.54, 1.807) is 0 Å². The number of benzene rings is 1. The average Bonchev–Trinajstić information content (AvgIpc) is 3.27. The minimum absolute atomic E-state index is 0.0101. The van der Waals surface area contributed by atoms with Gasteiger partial charge in [0.2, 0.25) is 0 Å². The Balaban J connectivity index is 1.20. The molecule has 4 nitrogen and oxygen atoms in total. The first-order valence-electron chi connectivity index (χ1n) is 10.1. The van der Waals surface area contributed by atoms with E-state index in [9.17, 15) is 4.79 Å². The zero-order valence-electron chi connectivity index (χ0n) is 15.2. The zero-order chi connectivity index (χ0) is 17.1. The van der Waals surface area contributed by atoms with Gasteiger partial charge in [0.15, 0.2) is 0 Å². The van der Waals surface area contributed by atoms with Gasteiger partial charge >= 0.3 is 6.03 Å². The molecule has 2 aliphatic carbocycles. The normalized spacial score (nSPS) is 25.0. The summed E-state index contributed by atoms with van der Waals surface area (Å²) in [5.74, 6) is 0.926. The molecular weight excluding hydrogens is 310 g/mol. The summed E-state index contributed by atoms with van der Waals surface area (Å²) < 4.78 is 0. The SMILES string of the molecule is O=C(NC1CCN(CC2CCCC2)CC1)N[C@H]1CCc2ccccc21. The highest BCUT2D eigenvalue weighted by molar-refractivity contribution is 5.75. The first kappa shape index (κ1) is 16.9. The van der Waals surface area contributed by atoms with Crippen molar-refractivity contribution in [2.45, 2.75) is 63.5 Å². The lowest BCUT2D eigenvalue weighted by Crippen LogP contribution is -2.48. The molecule has 3 aliphatic rings. The molecule has 1 aromatic carbocycles. The topological polar surface area (TPSA) is 44.4 Å². The standard InChI is InChI=1S/C21H31N3O/c25-21(23-20-10-9-17-7-3-4-8-19(17)20)22-18-11-13-24(14-12-18)15-16-5-1-2-6-16/h3-4,7-8,16,18,20H,1-2,5-6,9-15H2,(H2,22,23,25)/t20-/m0/s1. The summed E-state index contributed by atoms with van der Waals surface area (Å²) in [7, 11) is 0. The third-order valence-electron chi connectivity index (χ3n) is 6.35. The largest absolute Gasteiger partial charge is 0.335 e. The summed E-state index contributed by atoms with van der Waals surface area (Å²) in [6.07, 6.45) is 9.95. The number of hydrogen-bond donors (Lipinski definition) is 2. The van der Waals surface area contributed by atoms with Crippen LogP contribution in [-0.2, 0) is 6.42 Å². The molecule has 0 unspecified atom stereocenters. The van der Waals surface area contributed by atoms with Crippen LogP contribution in [0.25, 0.3) is 0 Å². The maximum atomic E-state index is 12.4. The van der Waals surface area contributed by atoms with Gasteiger partial charge in [0, 0.05) is 25.7 Å². The third kappa shape index (κ3) is 4.17. The van der Waals surface area contributed by atoms with Crippen LogP contribution < -0.4 is 10.6 Å². The molecule has 1 aliphatic heterocycles. The Morgan fingerprint density at radius 3 is 2.56 bits per heavy atom. The molecule has 2 fully saturated rings. The number of likely N-dealkylation sites (tertiary alicyclic amines) is 1. The van der Waals surface area contributed by atoms with Crippen LogP contribution in [0.15, 0.2) is 24.3 Å². The van der Waals surface area contributed by atoms with E-state index in [1.165, 1.54) is 43.4 Å². The summed E-state index contributed by atoms with van der Waals surface area (Å²) in [5.41, 5.74) is 2.68. The quantitative estimate of drug-likeness (QED) is 0.878. The van der Waals surface area contributed by atoms with Crippen molar-refractivity contribution in [3.8, 4) is 0 Å². The number of urea groups is 1. The highest BCUT2D eigenvalue weighted by atomic mass is 16.2. The van der Waals surface area contributed by atoms with Crippen LogP contribution in [-0.4, -0.2) is 36.6 Å². The second-order valence-electron chi connectivity index (χ2n) is 8.13. The summed E-state index contributed by atoms with van der Waals surface area (Å²) in [4.78, 5) is 15.0. The van der Waals surface area contributed by atoms with Crippen molar-refractivity contribution in [1.82, 2.24) is 15.5 Å². The van der Waals surface area contributed by atoms with Crippen LogP contribution in [0.3, 0.4) is 0 Å². The second kappa shape index (κ2) is 7.77. The third-order valence-corrected chi connectivity index (χ3v) is 6.35. The fourth-order valence-corrected chi connectivity index (χ4v) is 4.91. The van der Waals surface area contributed by atoms with E-state index in [0.29, 0.717) is 6.04 Å². The minimum atomic E-state index is 0.0101. The molecule has 1 saturated carbocycles. The van der Waals surface area contributed by atoms with Crippen molar-refractivity contribution in [2.75, 3.05) is 19.6 Å². The number of piperidine rings is 1. The van der Waals surface area contributed by atoms with Crippen LogP contribution in [0.2, 0.25) is 0 Å². The van der Waals surface area contributed by atoms with Crippen molar-refractivity contribution in [2.24, 2.45) is 5.92 Å². The fourth-order valence-electron chi connectivity index (χ4n) is 4.91. The Hall–Kier alpha value is -1.55. The number of carbonyl (C=O) groups is 1. The summed E-state index contributed by atoms with van der Waals surface area (Å²) in [6, 6.07) is 8.99. The molecule has 1 saturated heterocycles. The Bertz CT molecular complexity index is 589. The molecule has 1 atom stereocenters. The lowest BCUT2D eigenvalue weighted by Gasteiger charge is -2.34. The van der Waals surface area contributed by atoms with Gasteiger partial charge in [-0.05, 0) is 55.6 Å². The van der Waals surface area contributed by atoms with Gasteiger partial charge in [0.25, 0.3) is 0 Å². The summed E-state index contributed by atoms with van der Waals surface area (Å²) >= 11 is 0. The van der Waals surface area contributed by atoms with E-state index in [0.717, 1.165) is 44.7 Å². The maximum Gasteiger partial charge on any atom is 0.315 e. The Kier molecular flexibility index (Phi) is 5.25. The van der Waals surface area contributed by atoms with E-state index >= 15 is 0 Å². The van der Waals surface area contributed by atoms with E-state index in [2.05, 4.69) is 39.8 Å². The average molecular weight is 341 g/mol. The lowest BCUT2D eigenvalue weighted by molar-refractivity contribution is 0.171. The number of rotatable bonds is 4. The van der Waals surface area contributed by atoms with E-state index in [1.807, 2.05) is 0 Å². The van der Waals surface area contributed by atoms with Crippen molar-refractivity contribution in [1.29, 1.82) is 0 Å². The monoisotopic (exact) mass is 341 g/mol. The fraction of sp³-hybridized carbons (Fsp3) is 0.667. The van der Waals surface area contributed by atoms with Gasteiger partial charge in [-0.25, -0.2) is 4.79 Å². The molecule has 0 radical (unpaired) electrons. The number of hydrogen-bond acceptors (Lipinski definition) is 2. The minimum Gasteiger partial charge on any atom is -0.335 e. The number of amides is 2. The van der Waals surface area contributed by atoms with Gasteiger partial charge in [-0.1, -0.05) is 37.1 Å². The first-order chi connectivity index (χ1) is 12.3. The lowest BCUT2D eigenvalue weighted by atomic mass is 10.0. The molecular formula is C21H31N3O. The molecule has 4 heteroatoms. The van der Waals surface area contributed by atoms with Crippen molar-refractivity contribution < 1.29 is 4.79 Å². The molecule has 1 heterocycles. The first-order valence-corrected chi connectivity index (χ1v) is 10.1. The molecule has 25 heavy (non-hydrogen) atoms. The van der Waals surface area contributed by atoms with E-state index < -0.39 is 0 Å². The van der Waals surface area contributed by atoms with Crippen molar-refractivity contribution in [3.63, 3.8) is 0 Å². The van der Waals surface area contributed by atoms with Gasteiger partial charge in [-0.3, -0.25) is 0 Å². The second-order valence-corrected chi connectivity index (χ2v) is 8.13. The van der Waals surface area contributed by atoms with Gasteiger partial charge in [0.1, 0.15) is 0 Å². The number of nitrogens with one attached hydrogen (secondary N) is 2. The smallest absolute Gasteiger partial charge is 0.315 e. The van der Waals surface area contributed by atoms with E-state index in [4.69, 9.17) is 0 Å². The predicted molar refractivity (Wildman–Crippen MR) is 101 cm³/mol. The number of fused-ring (bicyclic) bond motifs is 1. The molecule has 136 valence electrons. The van der Waals surface area contributed by atoms with Gasteiger partial charge in [0.05, 0.1) is 6.04 Å². The molecule has 2 N–H and O–H groups in total. The van der Waals surface area contributed by atoms with Crippen molar-refractivity contribution >= 4 is 6.03 Å². The van der Waals surface area contributed by atoms with Gasteiger partial charge in [-0.15, -0.1) is 0 Å². The van der Waals surface area contributed by atoms with E-state index in [-0.39, 0.29) is 12.1 Å². The summed E-state index contributed by atoms with van der Waals surface area (Å²) in [6.45, 7) is 3.54. The Morgan fingerprint density at radius 2 is 1.76 bits per heavy atom. The molecule has 1 aromatic rings. The molecule has 2 amide bonds. The molecule has 0 aromatic heterocycles. The highest BCUT2D eigenvalue weighted by Crippen LogP contribution is 2.30. The van der Waals surface area contributed by atoms with Crippen LogP contribution in [0.1, 0.15) is 62.1 Å². The van der Waals surface area contributed by atoms with Crippen LogP contribution in [0, 0.1) is 5.92 Å². The Labute approximate surface area is 151 Å². The van der Waals surface area contributed by atoms with Gasteiger partial charge in [-0.2, -0.15) is 0 Å². The summed E-state index contributed by atoms with van der Waals surface area (Å²) in [5, 5.41) is 6.40. The van der Waals surface area contributed by atoms with Crippen LogP contribution in [0.4, 0.5) is 4.79 Å². The Morgan fingerprint density at radius 1 is 1.00 bits per heavy atom. The van der Waals surface area contributed by atoms with Crippen molar-refractivity contribution in [3.05, 3.63) is 35.4 Å². The molecule has 4 rings (SSSR count). The highest BCUT2D eigenvalue weighted by Gasteiger charge is 2.26. The molecule has 0 bridgehead atoms. The predicted octanol–water partition coefficient (Wildman–Crippen LogP) is 3.63.